The van der Waals surface area contributed by atoms with E-state index >= 15 is 0 Å². The van der Waals surface area contributed by atoms with Crippen molar-refractivity contribution in [1.29, 1.82) is 0 Å². The van der Waals surface area contributed by atoms with Crippen LogP contribution in [0.4, 0.5) is 11.5 Å². The molecule has 0 aliphatic carbocycles. The summed E-state index contributed by atoms with van der Waals surface area (Å²) in [4.78, 5) is 36.7. The van der Waals surface area contributed by atoms with Gasteiger partial charge in [0.15, 0.2) is 0 Å². The van der Waals surface area contributed by atoms with Crippen molar-refractivity contribution in [2.45, 2.75) is 39.5 Å². The first-order valence-corrected chi connectivity index (χ1v) is 11.6. The Morgan fingerprint density at radius 2 is 1.77 bits per heavy atom. The number of nitrogens with zero attached hydrogens (tertiary/aromatic N) is 2. The van der Waals surface area contributed by atoms with Crippen LogP contribution in [-0.2, 0) is 21.8 Å². The number of carbonyl (C=O) groups is 1. The molecule has 1 aromatic carbocycles. The Morgan fingerprint density at radius 3 is 2.40 bits per heavy atom. The van der Waals surface area contributed by atoms with Gasteiger partial charge in [-0.2, -0.15) is 8.42 Å². The average Bonchev–Trinajstić information content (AvgIpc) is 2.84. The Morgan fingerprint density at radius 1 is 1.09 bits per heavy atom. The van der Waals surface area contributed by atoms with Gasteiger partial charge in [0, 0.05) is 41.7 Å². The Kier molecular flexibility index (Phi) is 8.03. The van der Waals surface area contributed by atoms with Crippen LogP contribution in [0, 0.1) is 6.92 Å². The molecule has 2 N–H and O–H groups in total. The summed E-state index contributed by atoms with van der Waals surface area (Å²) in [5, 5.41) is 4.57. The molecule has 9 heteroatoms. The molecule has 0 fully saturated rings. The summed E-state index contributed by atoms with van der Waals surface area (Å²) in [6.45, 7) is 7.74. The number of aryl methyl sites for hydroxylation is 1. The van der Waals surface area contributed by atoms with E-state index in [4.69, 9.17) is 13.4 Å². The Bertz CT molecular complexity index is 1460. The smallest absolute Gasteiger partial charge is 0.335 e. The van der Waals surface area contributed by atoms with Crippen molar-refractivity contribution in [2.24, 2.45) is 0 Å². The summed E-state index contributed by atoms with van der Waals surface area (Å²) in [5.41, 5.74) is 3.61. The summed E-state index contributed by atoms with van der Waals surface area (Å²) in [6.07, 6.45) is 5.68. The Labute approximate surface area is 206 Å². The third-order valence-electron chi connectivity index (χ3n) is 5.81. The minimum Gasteiger partial charge on any atom is -0.340 e. The van der Waals surface area contributed by atoms with E-state index in [2.05, 4.69) is 15.3 Å². The maximum atomic E-state index is 12.6. The maximum Gasteiger partial charge on any atom is 0.335 e. The molecule has 0 bridgehead atoms. The van der Waals surface area contributed by atoms with Crippen molar-refractivity contribution in [3.05, 3.63) is 82.5 Å². The fourth-order valence-electron chi connectivity index (χ4n) is 3.86. The van der Waals surface area contributed by atoms with E-state index in [1.807, 2.05) is 70.2 Å². The molecule has 4 rings (SSSR count). The second kappa shape index (κ2) is 11.0. The van der Waals surface area contributed by atoms with Gasteiger partial charge in [-0.3, -0.25) is 14.6 Å². The SMILES string of the molecule is CCC(=O)C(C)(C)c1ccc(Nc2nc(-c3cncc(C)c3)cc3cc[nH]c(=O)c23)cc1.O=S=O. The molecule has 4 aromatic rings. The molecule has 0 amide bonds. The van der Waals surface area contributed by atoms with Crippen molar-refractivity contribution in [2.75, 3.05) is 5.32 Å². The molecule has 0 saturated heterocycles. The third kappa shape index (κ3) is 5.75. The highest BCUT2D eigenvalue weighted by atomic mass is 32.1. The average molecular weight is 491 g/mol. The number of fused-ring (bicyclic) bond motifs is 1. The summed E-state index contributed by atoms with van der Waals surface area (Å²) in [7, 11) is 0. The first-order chi connectivity index (χ1) is 16.7. The van der Waals surface area contributed by atoms with Crippen LogP contribution < -0.4 is 10.9 Å². The zero-order valence-electron chi connectivity index (χ0n) is 19.9. The van der Waals surface area contributed by atoms with E-state index in [0.717, 1.165) is 33.5 Å². The van der Waals surface area contributed by atoms with Crippen LogP contribution in [0.15, 0.2) is 65.8 Å². The summed E-state index contributed by atoms with van der Waals surface area (Å²) < 4.78 is 16.6. The van der Waals surface area contributed by atoms with Crippen LogP contribution in [0.3, 0.4) is 0 Å². The van der Waals surface area contributed by atoms with Crippen LogP contribution >= 0.6 is 0 Å². The molecule has 0 saturated carbocycles. The molecule has 0 unspecified atom stereocenters. The number of pyridine rings is 3. The molecule has 3 aromatic heterocycles. The quantitative estimate of drug-likeness (QED) is 0.404. The fourth-order valence-corrected chi connectivity index (χ4v) is 3.86. The highest BCUT2D eigenvalue weighted by Gasteiger charge is 2.27. The van der Waals surface area contributed by atoms with Gasteiger partial charge >= 0.3 is 11.6 Å². The Balaban J connectivity index is 0.00000108. The topological polar surface area (TPSA) is 122 Å². The van der Waals surface area contributed by atoms with Gasteiger partial charge in [-0.05, 0) is 67.6 Å². The van der Waals surface area contributed by atoms with Gasteiger partial charge in [0.2, 0.25) is 0 Å². The van der Waals surface area contributed by atoms with Crippen molar-refractivity contribution in [3.8, 4) is 11.3 Å². The number of benzene rings is 1. The van der Waals surface area contributed by atoms with Crippen molar-refractivity contribution >= 4 is 39.6 Å². The molecule has 0 aliphatic heterocycles. The summed E-state index contributed by atoms with van der Waals surface area (Å²) >= 11 is -0.750. The first-order valence-electron chi connectivity index (χ1n) is 11.0. The third-order valence-corrected chi connectivity index (χ3v) is 5.81. The zero-order chi connectivity index (χ0) is 25.6. The number of anilines is 2. The number of hydrogen-bond acceptors (Lipinski definition) is 7. The molecule has 180 valence electrons. The fraction of sp³-hybridized carbons (Fsp3) is 0.231. The number of nitrogens with one attached hydrogen (secondary N) is 2. The number of aromatic nitrogens is 3. The lowest BCUT2D eigenvalue weighted by molar-refractivity contribution is -0.123. The lowest BCUT2D eigenvalue weighted by atomic mass is 9.79. The van der Waals surface area contributed by atoms with E-state index in [1.54, 1.807) is 18.6 Å². The zero-order valence-corrected chi connectivity index (χ0v) is 20.7. The van der Waals surface area contributed by atoms with Gasteiger partial charge in [-0.25, -0.2) is 4.98 Å². The van der Waals surface area contributed by atoms with Crippen molar-refractivity contribution in [3.63, 3.8) is 0 Å². The van der Waals surface area contributed by atoms with Gasteiger partial charge in [0.25, 0.3) is 5.56 Å². The van der Waals surface area contributed by atoms with E-state index < -0.39 is 17.0 Å². The number of aromatic amines is 1. The first kappa shape index (κ1) is 25.6. The molecule has 0 spiro atoms. The van der Waals surface area contributed by atoms with Crippen LogP contribution in [0.2, 0.25) is 0 Å². The van der Waals surface area contributed by atoms with Crippen LogP contribution in [0.5, 0.6) is 0 Å². The minimum absolute atomic E-state index is 0.192. The molecule has 3 heterocycles. The van der Waals surface area contributed by atoms with Crippen LogP contribution in [0.25, 0.3) is 22.0 Å². The highest BCUT2D eigenvalue weighted by Crippen LogP contribution is 2.30. The van der Waals surface area contributed by atoms with E-state index in [1.165, 1.54) is 0 Å². The van der Waals surface area contributed by atoms with Gasteiger partial charge in [0.1, 0.15) is 11.6 Å². The minimum atomic E-state index is -0.750. The van der Waals surface area contributed by atoms with Crippen LogP contribution in [0.1, 0.15) is 38.3 Å². The predicted octanol–water partition coefficient (Wildman–Crippen LogP) is 4.62. The largest absolute Gasteiger partial charge is 0.340 e. The van der Waals surface area contributed by atoms with E-state index in [9.17, 15) is 9.59 Å². The molecular formula is C26H26N4O4S. The number of rotatable bonds is 6. The summed E-state index contributed by atoms with van der Waals surface area (Å²) in [5.74, 6) is 0.661. The van der Waals surface area contributed by atoms with Gasteiger partial charge < -0.3 is 10.3 Å². The van der Waals surface area contributed by atoms with Gasteiger partial charge in [-0.1, -0.05) is 19.1 Å². The molecule has 0 radical (unpaired) electrons. The second-order valence-electron chi connectivity index (χ2n) is 8.55. The van der Waals surface area contributed by atoms with E-state index in [0.29, 0.717) is 17.6 Å². The van der Waals surface area contributed by atoms with Gasteiger partial charge in [-0.15, -0.1) is 0 Å². The normalized spacial score (nSPS) is 10.9. The summed E-state index contributed by atoms with van der Waals surface area (Å²) in [6, 6.07) is 13.5. The molecule has 8 nitrogen and oxygen atoms in total. The number of hydrogen-bond donors (Lipinski definition) is 2. The number of H-pyrrole nitrogens is 1. The van der Waals surface area contributed by atoms with Crippen molar-refractivity contribution < 1.29 is 13.2 Å². The number of Topliss-reactive ketones (excluding diaryl/α,β-unsaturated/α-hetero) is 1. The maximum absolute atomic E-state index is 12.6. The number of ketones is 1. The molecule has 0 aliphatic rings. The van der Waals surface area contributed by atoms with E-state index in [-0.39, 0.29) is 11.3 Å². The highest BCUT2D eigenvalue weighted by molar-refractivity contribution is 7.51. The monoisotopic (exact) mass is 490 g/mol. The van der Waals surface area contributed by atoms with Crippen LogP contribution in [-0.4, -0.2) is 29.2 Å². The predicted molar refractivity (Wildman–Crippen MR) is 137 cm³/mol. The Hall–Kier alpha value is -3.98. The molecular weight excluding hydrogens is 464 g/mol. The number of carbonyl (C=O) groups excluding carboxylic acids is 1. The van der Waals surface area contributed by atoms with Crippen molar-refractivity contribution in [1.82, 2.24) is 15.0 Å². The lowest BCUT2D eigenvalue weighted by Crippen LogP contribution is -2.28. The standard InChI is InChI=1S/C26H26N4O2.O2S/c1-5-22(31)26(3,4)19-6-8-20(9-7-19)29-24-23-17(10-11-28-25(23)32)13-21(30-24)18-12-16(2)14-27-15-18;1-3-2/h6-15H,5H2,1-4H3,(H,28,32)(H,29,30);. The molecule has 0 atom stereocenters. The second-order valence-corrected chi connectivity index (χ2v) is 8.69. The lowest BCUT2D eigenvalue weighted by Gasteiger charge is -2.23. The van der Waals surface area contributed by atoms with Gasteiger partial charge in [0.05, 0.1) is 11.1 Å². The molecule has 35 heavy (non-hydrogen) atoms.